The number of ether oxygens (including phenoxy) is 1. The lowest BCUT2D eigenvalue weighted by Gasteiger charge is -2.26. The number of halogens is 1. The Balaban J connectivity index is 1.65. The first-order valence-corrected chi connectivity index (χ1v) is 9.94. The number of H-pyrrole nitrogens is 1. The topological polar surface area (TPSA) is 104 Å². The van der Waals surface area contributed by atoms with Gasteiger partial charge in [0.05, 0.1) is 31.2 Å². The first-order chi connectivity index (χ1) is 13.6. The molecule has 8 nitrogen and oxygen atoms in total. The van der Waals surface area contributed by atoms with Gasteiger partial charge in [-0.15, -0.1) is 10.2 Å². The normalized spacial score (nSPS) is 16.8. The molecule has 1 saturated heterocycles. The molecular weight excluding hydrogens is 426 g/mol. The lowest BCUT2D eigenvalue weighted by Crippen LogP contribution is -2.34. The van der Waals surface area contributed by atoms with E-state index in [1.54, 1.807) is 6.33 Å². The predicted octanol–water partition coefficient (Wildman–Crippen LogP) is 3.24. The number of nitrogens with zero attached hydrogens (tertiary/aromatic N) is 4. The minimum absolute atomic E-state index is 0.0185. The minimum atomic E-state index is -0.846. The van der Waals surface area contributed by atoms with Crippen molar-refractivity contribution in [2.75, 3.05) is 24.7 Å². The number of rotatable bonds is 7. The van der Waals surface area contributed by atoms with Gasteiger partial charge in [0, 0.05) is 22.0 Å². The van der Waals surface area contributed by atoms with Gasteiger partial charge in [0.1, 0.15) is 12.1 Å². The fourth-order valence-corrected chi connectivity index (χ4v) is 3.91. The summed E-state index contributed by atoms with van der Waals surface area (Å²) in [6.07, 6.45) is 3.62. The van der Waals surface area contributed by atoms with Crippen molar-refractivity contribution in [1.29, 1.82) is 0 Å². The summed E-state index contributed by atoms with van der Waals surface area (Å²) in [5, 5.41) is 17.9. The van der Waals surface area contributed by atoms with Crippen LogP contribution < -0.4 is 4.90 Å². The molecule has 1 fully saturated rings. The molecule has 0 saturated carbocycles. The summed E-state index contributed by atoms with van der Waals surface area (Å²) >= 11 is 3.52. The number of aromatic nitrogens is 4. The average molecular weight is 446 g/mol. The van der Waals surface area contributed by atoms with E-state index in [1.165, 1.54) is 0 Å². The summed E-state index contributed by atoms with van der Waals surface area (Å²) in [5.74, 6) is 0.715. The van der Waals surface area contributed by atoms with Gasteiger partial charge in [-0.05, 0) is 31.0 Å². The number of aromatic amines is 1. The van der Waals surface area contributed by atoms with Gasteiger partial charge in [-0.3, -0.25) is 4.79 Å². The molecule has 3 heterocycles. The Morgan fingerprint density at radius 2 is 2.29 bits per heavy atom. The van der Waals surface area contributed by atoms with E-state index in [9.17, 15) is 4.79 Å². The smallest absolute Gasteiger partial charge is 0.305 e. The summed E-state index contributed by atoms with van der Waals surface area (Å²) in [5.41, 5.74) is 1.82. The maximum Gasteiger partial charge on any atom is 0.305 e. The van der Waals surface area contributed by atoms with Crippen LogP contribution in [0.1, 0.15) is 19.3 Å². The van der Waals surface area contributed by atoms with Crippen molar-refractivity contribution in [2.24, 2.45) is 0 Å². The van der Waals surface area contributed by atoms with Crippen molar-refractivity contribution in [1.82, 2.24) is 20.2 Å². The zero-order chi connectivity index (χ0) is 19.5. The van der Waals surface area contributed by atoms with Crippen LogP contribution in [-0.4, -0.2) is 57.0 Å². The summed E-state index contributed by atoms with van der Waals surface area (Å²) in [4.78, 5) is 20.9. The molecule has 1 atom stereocenters. The van der Waals surface area contributed by atoms with Crippen LogP contribution in [0.4, 0.5) is 5.82 Å². The zero-order valence-electron chi connectivity index (χ0n) is 15.1. The highest BCUT2D eigenvalue weighted by atomic mass is 79.9. The molecule has 3 aromatic rings. The Kier molecular flexibility index (Phi) is 5.54. The molecule has 0 bridgehead atoms. The van der Waals surface area contributed by atoms with Crippen molar-refractivity contribution in [3.63, 3.8) is 0 Å². The highest BCUT2D eigenvalue weighted by molar-refractivity contribution is 9.10. The molecule has 1 unspecified atom stereocenters. The maximum atomic E-state index is 10.7. The first kappa shape index (κ1) is 18.8. The average Bonchev–Trinajstić information content (AvgIpc) is 3.36. The molecule has 146 valence electrons. The van der Waals surface area contributed by atoms with Crippen LogP contribution in [0.15, 0.2) is 35.1 Å². The quantitative estimate of drug-likeness (QED) is 0.537. The van der Waals surface area contributed by atoms with Crippen LogP contribution >= 0.6 is 15.9 Å². The number of hydrogen-bond acceptors (Lipinski definition) is 6. The second kappa shape index (κ2) is 8.24. The van der Waals surface area contributed by atoms with E-state index >= 15 is 0 Å². The van der Waals surface area contributed by atoms with Gasteiger partial charge in [0.25, 0.3) is 0 Å². The molecule has 0 radical (unpaired) electrons. The third-order valence-electron chi connectivity index (χ3n) is 4.87. The van der Waals surface area contributed by atoms with Crippen LogP contribution in [0, 0.1) is 0 Å². The number of fused-ring (bicyclic) bond motifs is 1. The molecule has 9 heteroatoms. The monoisotopic (exact) mass is 445 g/mol. The van der Waals surface area contributed by atoms with Gasteiger partial charge in [-0.25, -0.2) is 4.98 Å². The van der Waals surface area contributed by atoms with Gasteiger partial charge >= 0.3 is 5.97 Å². The molecule has 1 aliphatic rings. The van der Waals surface area contributed by atoms with Gasteiger partial charge in [0.2, 0.25) is 0 Å². The Labute approximate surface area is 170 Å². The number of pyridine rings is 1. The number of anilines is 1. The predicted molar refractivity (Wildman–Crippen MR) is 108 cm³/mol. The van der Waals surface area contributed by atoms with E-state index < -0.39 is 5.97 Å². The van der Waals surface area contributed by atoms with E-state index in [0.29, 0.717) is 12.4 Å². The Hall–Kier alpha value is -2.52. The van der Waals surface area contributed by atoms with Crippen LogP contribution in [-0.2, 0) is 9.53 Å². The number of hydrogen-bond donors (Lipinski definition) is 2. The third kappa shape index (κ3) is 4.00. The summed E-state index contributed by atoms with van der Waals surface area (Å²) in [6.45, 7) is 1.60. The Morgan fingerprint density at radius 3 is 3.07 bits per heavy atom. The minimum Gasteiger partial charge on any atom is -0.481 e. The largest absolute Gasteiger partial charge is 0.481 e. The summed E-state index contributed by atoms with van der Waals surface area (Å²) < 4.78 is 6.56. The molecule has 4 rings (SSSR count). The second-order valence-electron chi connectivity index (χ2n) is 6.74. The van der Waals surface area contributed by atoms with E-state index in [-0.39, 0.29) is 19.1 Å². The SMILES string of the molecule is O=C(O)CCOCC1CCCN1c1cc(-c2nnc[nH]2)c2ccc(Br)cc2n1. The van der Waals surface area contributed by atoms with Crippen molar-refractivity contribution in [3.05, 3.63) is 35.1 Å². The summed E-state index contributed by atoms with van der Waals surface area (Å²) in [6, 6.07) is 8.20. The number of nitrogens with one attached hydrogen (secondary N) is 1. The van der Waals surface area contributed by atoms with Crippen molar-refractivity contribution >= 4 is 38.6 Å². The van der Waals surface area contributed by atoms with Crippen LogP contribution in [0.2, 0.25) is 0 Å². The highest BCUT2D eigenvalue weighted by Crippen LogP contribution is 2.33. The molecular formula is C19H20BrN5O3. The van der Waals surface area contributed by atoms with Crippen LogP contribution in [0.25, 0.3) is 22.3 Å². The van der Waals surface area contributed by atoms with Crippen LogP contribution in [0.5, 0.6) is 0 Å². The van der Waals surface area contributed by atoms with Crippen molar-refractivity contribution < 1.29 is 14.6 Å². The molecule has 1 aliphatic heterocycles. The molecule has 0 aliphatic carbocycles. The Morgan fingerprint density at radius 1 is 1.39 bits per heavy atom. The summed E-state index contributed by atoms with van der Waals surface area (Å²) in [7, 11) is 0. The van der Waals surface area contributed by atoms with Crippen LogP contribution in [0.3, 0.4) is 0 Å². The van der Waals surface area contributed by atoms with Gasteiger partial charge in [-0.2, -0.15) is 0 Å². The van der Waals surface area contributed by atoms with E-state index in [0.717, 1.165) is 46.1 Å². The molecule has 0 spiro atoms. The third-order valence-corrected chi connectivity index (χ3v) is 5.37. The molecule has 1 aromatic carbocycles. The van der Waals surface area contributed by atoms with E-state index in [4.69, 9.17) is 14.8 Å². The van der Waals surface area contributed by atoms with Crippen molar-refractivity contribution in [2.45, 2.75) is 25.3 Å². The lowest BCUT2D eigenvalue weighted by molar-refractivity contribution is -0.138. The number of carboxylic acids is 1. The number of benzene rings is 1. The number of carboxylic acid groups (broad SMARTS) is 1. The maximum absolute atomic E-state index is 10.7. The van der Waals surface area contributed by atoms with Gasteiger partial charge < -0.3 is 19.7 Å². The van der Waals surface area contributed by atoms with E-state index in [2.05, 4.69) is 36.0 Å². The molecule has 2 aromatic heterocycles. The molecule has 0 amide bonds. The molecule has 2 N–H and O–H groups in total. The van der Waals surface area contributed by atoms with Crippen molar-refractivity contribution in [3.8, 4) is 11.4 Å². The number of aliphatic carboxylic acids is 1. The second-order valence-corrected chi connectivity index (χ2v) is 7.65. The van der Waals surface area contributed by atoms with Gasteiger partial charge in [-0.1, -0.05) is 22.0 Å². The highest BCUT2D eigenvalue weighted by Gasteiger charge is 2.27. The van der Waals surface area contributed by atoms with Gasteiger partial charge in [0.15, 0.2) is 5.82 Å². The first-order valence-electron chi connectivity index (χ1n) is 9.15. The lowest BCUT2D eigenvalue weighted by atomic mass is 10.1. The number of carbonyl (C=O) groups is 1. The van der Waals surface area contributed by atoms with E-state index in [1.807, 2.05) is 24.3 Å². The fourth-order valence-electron chi connectivity index (χ4n) is 3.56. The zero-order valence-corrected chi connectivity index (χ0v) is 16.7. The standard InChI is InChI=1S/C19H20BrN5O3/c20-12-3-4-14-15(19-21-11-22-24-19)9-17(23-16(14)8-12)25-6-1-2-13(25)10-28-7-5-18(26)27/h3-4,8-9,11,13H,1-2,5-7,10H2,(H,26,27)(H,21,22,24). The fraction of sp³-hybridized carbons (Fsp3) is 0.368. The Bertz CT molecular complexity index is 979. The molecule has 28 heavy (non-hydrogen) atoms.